The SMILES string of the molecule is CCOP(=O)(OCC)C(/N=C/C1(Cl)CCCCC1)c1ccc(Br)cc1. The van der Waals surface area contributed by atoms with Crippen molar-refractivity contribution in [1.29, 1.82) is 0 Å². The van der Waals surface area contributed by atoms with Crippen molar-refractivity contribution in [2.24, 2.45) is 4.99 Å². The molecule has 1 aromatic rings. The zero-order valence-corrected chi connectivity index (χ0v) is 18.0. The van der Waals surface area contributed by atoms with Crippen LogP contribution in [0.15, 0.2) is 33.7 Å². The molecule has 2 rings (SSSR count). The van der Waals surface area contributed by atoms with Crippen LogP contribution >= 0.6 is 35.1 Å². The Balaban J connectivity index is 2.37. The third-order valence-electron chi connectivity index (χ3n) is 4.22. The van der Waals surface area contributed by atoms with Crippen molar-refractivity contribution < 1.29 is 13.6 Å². The Bertz CT molecular complexity index is 607. The van der Waals surface area contributed by atoms with E-state index in [0.717, 1.165) is 35.7 Å². The molecule has 25 heavy (non-hydrogen) atoms. The molecule has 0 amide bonds. The van der Waals surface area contributed by atoms with Gasteiger partial charge in [0.15, 0.2) is 5.78 Å². The van der Waals surface area contributed by atoms with Gasteiger partial charge in [0.2, 0.25) is 0 Å². The number of benzene rings is 1. The first-order valence-electron chi connectivity index (χ1n) is 8.80. The van der Waals surface area contributed by atoms with Crippen LogP contribution in [0, 0.1) is 0 Å². The number of halogens is 2. The van der Waals surface area contributed by atoms with Crippen LogP contribution in [0.25, 0.3) is 0 Å². The van der Waals surface area contributed by atoms with Gasteiger partial charge in [-0.3, -0.25) is 9.56 Å². The summed E-state index contributed by atoms with van der Waals surface area (Å²) in [5.74, 6) is -0.710. The van der Waals surface area contributed by atoms with Crippen molar-refractivity contribution >= 4 is 41.3 Å². The summed E-state index contributed by atoms with van der Waals surface area (Å²) in [6.07, 6.45) is 6.93. The Hall–Kier alpha value is -0.190. The lowest BCUT2D eigenvalue weighted by Gasteiger charge is -2.29. The second-order valence-electron chi connectivity index (χ2n) is 6.17. The molecule has 0 aromatic heterocycles. The van der Waals surface area contributed by atoms with Crippen LogP contribution in [0.5, 0.6) is 0 Å². The molecule has 0 N–H and O–H groups in total. The lowest BCUT2D eigenvalue weighted by Crippen LogP contribution is -2.26. The summed E-state index contributed by atoms with van der Waals surface area (Å²) in [6.45, 7) is 4.20. The van der Waals surface area contributed by atoms with Crippen molar-refractivity contribution in [2.45, 2.75) is 56.6 Å². The summed E-state index contributed by atoms with van der Waals surface area (Å²) in [4.78, 5) is 4.18. The highest BCUT2D eigenvalue weighted by atomic mass is 79.9. The monoisotopic (exact) mass is 449 g/mol. The number of aliphatic imine (C=N–C) groups is 1. The minimum Gasteiger partial charge on any atom is -0.307 e. The number of hydrogen-bond acceptors (Lipinski definition) is 4. The van der Waals surface area contributed by atoms with E-state index in [9.17, 15) is 4.57 Å². The van der Waals surface area contributed by atoms with Crippen molar-refractivity contribution in [2.75, 3.05) is 13.2 Å². The van der Waals surface area contributed by atoms with Gasteiger partial charge in [0, 0.05) is 10.7 Å². The van der Waals surface area contributed by atoms with Crippen LogP contribution in [0.4, 0.5) is 0 Å². The molecule has 0 saturated heterocycles. The molecule has 0 bridgehead atoms. The van der Waals surface area contributed by atoms with E-state index in [1.54, 1.807) is 20.1 Å². The van der Waals surface area contributed by atoms with E-state index in [4.69, 9.17) is 20.6 Å². The molecule has 4 nitrogen and oxygen atoms in total. The van der Waals surface area contributed by atoms with Crippen LogP contribution in [-0.4, -0.2) is 24.3 Å². The van der Waals surface area contributed by atoms with E-state index >= 15 is 0 Å². The fourth-order valence-corrected chi connectivity index (χ4v) is 5.43. The fraction of sp³-hybridized carbons (Fsp3) is 0.611. The summed E-state index contributed by atoms with van der Waals surface area (Å²) < 4.78 is 25.4. The third-order valence-corrected chi connectivity index (χ3v) is 7.49. The Kier molecular flexibility index (Phi) is 8.16. The van der Waals surface area contributed by atoms with Crippen LogP contribution in [0.2, 0.25) is 0 Å². The van der Waals surface area contributed by atoms with Gasteiger partial charge in [-0.2, -0.15) is 0 Å². The largest absolute Gasteiger partial charge is 0.359 e. The maximum atomic E-state index is 13.4. The van der Waals surface area contributed by atoms with Crippen LogP contribution < -0.4 is 0 Å². The molecular formula is C18H26BrClNO3P. The molecule has 7 heteroatoms. The Morgan fingerprint density at radius 1 is 1.20 bits per heavy atom. The number of alkyl halides is 1. The topological polar surface area (TPSA) is 47.9 Å². The normalized spacial score (nSPS) is 19.2. The number of rotatable bonds is 8. The molecule has 1 saturated carbocycles. The van der Waals surface area contributed by atoms with Gasteiger partial charge >= 0.3 is 7.60 Å². The smallest absolute Gasteiger partial charge is 0.307 e. The zero-order valence-electron chi connectivity index (χ0n) is 14.8. The average molecular weight is 451 g/mol. The van der Waals surface area contributed by atoms with E-state index in [1.807, 2.05) is 24.3 Å². The van der Waals surface area contributed by atoms with Crippen molar-refractivity contribution in [1.82, 2.24) is 0 Å². The zero-order chi connectivity index (χ0) is 18.3. The minimum atomic E-state index is -3.44. The highest BCUT2D eigenvalue weighted by Gasteiger charge is 2.37. The Morgan fingerprint density at radius 3 is 2.28 bits per heavy atom. The van der Waals surface area contributed by atoms with Gasteiger partial charge in [0.1, 0.15) is 0 Å². The summed E-state index contributed by atoms with van der Waals surface area (Å²) in [7, 11) is -3.44. The van der Waals surface area contributed by atoms with Crippen molar-refractivity contribution in [3.8, 4) is 0 Å². The molecule has 1 unspecified atom stereocenters. The van der Waals surface area contributed by atoms with Gasteiger partial charge in [-0.25, -0.2) is 0 Å². The van der Waals surface area contributed by atoms with Crippen LogP contribution in [0.1, 0.15) is 57.3 Å². The summed E-state index contributed by atoms with van der Waals surface area (Å²) >= 11 is 10.1. The third kappa shape index (κ3) is 5.90. The summed E-state index contributed by atoms with van der Waals surface area (Å²) in [5, 5.41) is 0. The maximum absolute atomic E-state index is 13.4. The van der Waals surface area contributed by atoms with Gasteiger partial charge in [-0.15, -0.1) is 11.6 Å². The average Bonchev–Trinajstić information content (AvgIpc) is 2.57. The first kappa shape index (κ1) is 21.1. The van der Waals surface area contributed by atoms with Gasteiger partial charge in [-0.1, -0.05) is 47.3 Å². The second kappa shape index (κ2) is 9.66. The molecule has 140 valence electrons. The molecule has 0 radical (unpaired) electrons. The van der Waals surface area contributed by atoms with Crippen molar-refractivity contribution in [3.63, 3.8) is 0 Å². The molecular weight excluding hydrogens is 425 g/mol. The number of hydrogen-bond donors (Lipinski definition) is 0. The molecule has 1 aliphatic rings. The predicted octanol–water partition coefficient (Wildman–Crippen LogP) is 6.73. The van der Waals surface area contributed by atoms with E-state index in [-0.39, 0.29) is 0 Å². The molecule has 1 aliphatic carbocycles. The highest BCUT2D eigenvalue weighted by molar-refractivity contribution is 9.10. The molecule has 1 atom stereocenters. The highest BCUT2D eigenvalue weighted by Crippen LogP contribution is 2.61. The molecule has 0 aliphatic heterocycles. The van der Waals surface area contributed by atoms with E-state index in [2.05, 4.69) is 20.9 Å². The standard InChI is InChI=1S/C18H26BrClNO3P/c1-3-23-25(22,24-4-2)17(15-8-10-16(19)11-9-15)21-14-18(20)12-6-5-7-13-18/h8-11,14,17H,3-7,12-13H2,1-2H3/b21-14+. The van der Waals surface area contributed by atoms with Gasteiger partial charge < -0.3 is 9.05 Å². The fourth-order valence-electron chi connectivity index (χ4n) is 3.00. The molecule has 0 heterocycles. The van der Waals surface area contributed by atoms with Crippen LogP contribution in [-0.2, 0) is 13.6 Å². The lowest BCUT2D eigenvalue weighted by atomic mass is 9.89. The first-order chi connectivity index (χ1) is 11.9. The van der Waals surface area contributed by atoms with E-state index in [0.29, 0.717) is 13.2 Å². The van der Waals surface area contributed by atoms with E-state index < -0.39 is 18.3 Å². The van der Waals surface area contributed by atoms with Crippen LogP contribution in [0.3, 0.4) is 0 Å². The van der Waals surface area contributed by atoms with E-state index in [1.165, 1.54) is 6.42 Å². The van der Waals surface area contributed by atoms with Crippen molar-refractivity contribution in [3.05, 3.63) is 34.3 Å². The molecule has 1 aromatic carbocycles. The first-order valence-corrected chi connectivity index (χ1v) is 11.6. The second-order valence-corrected chi connectivity index (χ2v) is 9.93. The summed E-state index contributed by atoms with van der Waals surface area (Å²) in [6, 6.07) is 7.57. The minimum absolute atomic E-state index is 0.297. The lowest BCUT2D eigenvalue weighted by molar-refractivity contribution is 0.212. The maximum Gasteiger partial charge on any atom is 0.359 e. The van der Waals surface area contributed by atoms with Gasteiger partial charge in [0.05, 0.1) is 18.1 Å². The van der Waals surface area contributed by atoms with Gasteiger partial charge in [-0.05, 0) is 44.4 Å². The summed E-state index contributed by atoms with van der Waals surface area (Å²) in [5.41, 5.74) is 0.792. The molecule has 1 fully saturated rings. The Morgan fingerprint density at radius 2 is 1.76 bits per heavy atom. The number of nitrogens with zero attached hydrogens (tertiary/aromatic N) is 1. The Labute approximate surface area is 164 Å². The molecule has 0 spiro atoms. The quantitative estimate of drug-likeness (QED) is 0.251. The predicted molar refractivity (Wildman–Crippen MR) is 108 cm³/mol. The van der Waals surface area contributed by atoms with Gasteiger partial charge in [0.25, 0.3) is 0 Å².